The molecule has 0 saturated heterocycles. The average molecular weight is 204 g/mol. The Morgan fingerprint density at radius 2 is 1.08 bits per heavy atom. The molecule has 0 aliphatic rings. The van der Waals surface area contributed by atoms with Gasteiger partial charge in [-0.15, -0.1) is 0 Å². The first-order chi connectivity index (χ1) is 5.44. The molecule has 13 heavy (non-hydrogen) atoms. The standard InChI is InChI=1S/C11H25OP/c1-9(2)13(12,10(3,4)5)11(6,7)8/h9H,1-8H3. The molecule has 0 aliphatic heterocycles. The van der Waals surface area contributed by atoms with Crippen molar-refractivity contribution in [2.45, 2.75) is 71.4 Å². The lowest BCUT2D eigenvalue weighted by Gasteiger charge is -2.43. The molecular formula is C11H25OP. The Bertz CT molecular complexity index is 197. The van der Waals surface area contributed by atoms with Crippen LogP contribution in [0.1, 0.15) is 55.4 Å². The molecule has 0 aromatic carbocycles. The van der Waals surface area contributed by atoms with Crippen molar-refractivity contribution in [1.29, 1.82) is 0 Å². The number of rotatable bonds is 1. The molecule has 0 saturated carbocycles. The van der Waals surface area contributed by atoms with Crippen LogP contribution in [0.25, 0.3) is 0 Å². The van der Waals surface area contributed by atoms with Gasteiger partial charge in [-0.25, -0.2) is 0 Å². The molecule has 0 fully saturated rings. The highest BCUT2D eigenvalue weighted by atomic mass is 31.2. The van der Waals surface area contributed by atoms with Crippen LogP contribution < -0.4 is 0 Å². The zero-order valence-corrected chi connectivity index (χ0v) is 11.3. The van der Waals surface area contributed by atoms with Crippen molar-refractivity contribution in [2.75, 3.05) is 0 Å². The van der Waals surface area contributed by atoms with Crippen LogP contribution in [0.15, 0.2) is 0 Å². The van der Waals surface area contributed by atoms with Crippen molar-refractivity contribution in [1.82, 2.24) is 0 Å². The van der Waals surface area contributed by atoms with Crippen LogP contribution in [0.5, 0.6) is 0 Å². The van der Waals surface area contributed by atoms with Gasteiger partial charge in [0.05, 0.1) is 0 Å². The predicted molar refractivity (Wildman–Crippen MR) is 62.2 cm³/mol. The molecular weight excluding hydrogens is 179 g/mol. The summed E-state index contributed by atoms with van der Waals surface area (Å²) in [6, 6.07) is 0. The molecule has 0 radical (unpaired) electrons. The molecule has 1 nitrogen and oxygen atoms in total. The molecule has 0 aliphatic carbocycles. The SMILES string of the molecule is CC(C)P(=O)(C(C)(C)C)C(C)(C)C. The summed E-state index contributed by atoms with van der Waals surface area (Å²) in [4.78, 5) is 0. The van der Waals surface area contributed by atoms with Gasteiger partial charge in [-0.1, -0.05) is 55.4 Å². The van der Waals surface area contributed by atoms with Gasteiger partial charge in [-0.2, -0.15) is 0 Å². The van der Waals surface area contributed by atoms with E-state index in [1.807, 2.05) is 0 Å². The second-order valence-corrected chi connectivity index (χ2v) is 11.1. The summed E-state index contributed by atoms with van der Waals surface area (Å²) in [5.41, 5.74) is 0.271. The summed E-state index contributed by atoms with van der Waals surface area (Å²) in [7, 11) is -2.16. The van der Waals surface area contributed by atoms with Gasteiger partial charge in [0.25, 0.3) is 0 Å². The first-order valence-electron chi connectivity index (χ1n) is 5.04. The molecule has 0 amide bonds. The second-order valence-electron chi connectivity index (χ2n) is 6.09. The Hall–Kier alpha value is 0.230. The van der Waals surface area contributed by atoms with E-state index in [1.54, 1.807) is 0 Å². The van der Waals surface area contributed by atoms with Gasteiger partial charge in [0.1, 0.15) is 7.14 Å². The molecule has 2 heteroatoms. The van der Waals surface area contributed by atoms with Crippen LogP contribution >= 0.6 is 7.14 Å². The highest BCUT2D eigenvalue weighted by Gasteiger charge is 2.47. The normalized spacial score (nSPS) is 15.2. The van der Waals surface area contributed by atoms with E-state index in [0.29, 0.717) is 0 Å². The smallest absolute Gasteiger partial charge is 0.100 e. The Morgan fingerprint density at radius 1 is 0.846 bits per heavy atom. The summed E-state index contributed by atoms with van der Waals surface area (Å²) in [6.45, 7) is 16.7. The van der Waals surface area contributed by atoms with E-state index in [9.17, 15) is 4.57 Å². The van der Waals surface area contributed by atoms with Crippen molar-refractivity contribution in [3.63, 3.8) is 0 Å². The molecule has 0 unspecified atom stereocenters. The summed E-state index contributed by atoms with van der Waals surface area (Å²) in [5, 5.41) is -0.168. The molecule has 0 aromatic rings. The van der Waals surface area contributed by atoms with Gasteiger partial charge in [0, 0.05) is 16.0 Å². The maximum Gasteiger partial charge on any atom is 0.100 e. The number of hydrogen-bond acceptors (Lipinski definition) is 1. The Balaban J connectivity index is 5.37. The molecule has 0 heterocycles. The van der Waals surface area contributed by atoms with Crippen LogP contribution in [-0.4, -0.2) is 16.0 Å². The van der Waals surface area contributed by atoms with Crippen molar-refractivity contribution in [3.05, 3.63) is 0 Å². The van der Waals surface area contributed by atoms with Gasteiger partial charge >= 0.3 is 0 Å². The van der Waals surface area contributed by atoms with Gasteiger partial charge in [0.15, 0.2) is 0 Å². The lowest BCUT2D eigenvalue weighted by molar-refractivity contribution is 0.509. The monoisotopic (exact) mass is 204 g/mol. The maximum atomic E-state index is 13.0. The van der Waals surface area contributed by atoms with E-state index in [-0.39, 0.29) is 16.0 Å². The highest BCUT2D eigenvalue weighted by molar-refractivity contribution is 7.67. The van der Waals surface area contributed by atoms with Crippen molar-refractivity contribution in [2.24, 2.45) is 0 Å². The topological polar surface area (TPSA) is 17.1 Å². The van der Waals surface area contributed by atoms with Gasteiger partial charge in [0.2, 0.25) is 0 Å². The van der Waals surface area contributed by atoms with Crippen LogP contribution in [0.2, 0.25) is 0 Å². The van der Waals surface area contributed by atoms with Crippen LogP contribution in [0.4, 0.5) is 0 Å². The Morgan fingerprint density at radius 3 is 1.08 bits per heavy atom. The minimum absolute atomic E-state index is 0.0839. The fraction of sp³-hybridized carbons (Fsp3) is 1.00. The third kappa shape index (κ3) is 2.18. The zero-order chi connectivity index (χ0) is 11.1. The van der Waals surface area contributed by atoms with Gasteiger partial charge in [-0.3, -0.25) is 0 Å². The lowest BCUT2D eigenvalue weighted by Crippen LogP contribution is -2.33. The van der Waals surface area contributed by atoms with E-state index in [4.69, 9.17) is 0 Å². The van der Waals surface area contributed by atoms with E-state index >= 15 is 0 Å². The first-order valence-corrected chi connectivity index (χ1v) is 6.82. The molecule has 0 spiro atoms. The zero-order valence-electron chi connectivity index (χ0n) is 10.4. The quantitative estimate of drug-likeness (QED) is 0.580. The molecule has 0 rings (SSSR count). The fourth-order valence-electron chi connectivity index (χ4n) is 2.56. The third-order valence-corrected chi connectivity index (χ3v) is 8.16. The van der Waals surface area contributed by atoms with E-state index in [1.165, 1.54) is 0 Å². The molecule has 0 N–H and O–H groups in total. The largest absolute Gasteiger partial charge is 0.322 e. The predicted octanol–water partition coefficient (Wildman–Crippen LogP) is 4.35. The van der Waals surface area contributed by atoms with Crippen LogP contribution in [-0.2, 0) is 4.57 Å². The lowest BCUT2D eigenvalue weighted by atomic mass is 10.2. The molecule has 0 aromatic heterocycles. The summed E-state index contributed by atoms with van der Waals surface area (Å²) >= 11 is 0. The summed E-state index contributed by atoms with van der Waals surface area (Å²) in [6.07, 6.45) is 0. The molecule has 0 bridgehead atoms. The third-order valence-electron chi connectivity index (χ3n) is 2.72. The summed E-state index contributed by atoms with van der Waals surface area (Å²) < 4.78 is 13.0. The average Bonchev–Trinajstić information content (AvgIpc) is 1.80. The van der Waals surface area contributed by atoms with Crippen LogP contribution in [0, 0.1) is 0 Å². The van der Waals surface area contributed by atoms with Crippen LogP contribution in [0.3, 0.4) is 0 Å². The maximum absolute atomic E-state index is 13.0. The molecule has 0 atom stereocenters. The van der Waals surface area contributed by atoms with E-state index < -0.39 is 7.14 Å². The molecule has 80 valence electrons. The minimum atomic E-state index is -2.16. The van der Waals surface area contributed by atoms with Gasteiger partial charge in [-0.05, 0) is 0 Å². The minimum Gasteiger partial charge on any atom is -0.322 e. The van der Waals surface area contributed by atoms with Crippen molar-refractivity contribution in [3.8, 4) is 0 Å². The van der Waals surface area contributed by atoms with Gasteiger partial charge < -0.3 is 4.57 Å². The Kier molecular flexibility index (Phi) is 3.48. The Labute approximate surface area is 83.7 Å². The van der Waals surface area contributed by atoms with Crippen molar-refractivity contribution >= 4 is 7.14 Å². The van der Waals surface area contributed by atoms with E-state index in [0.717, 1.165) is 0 Å². The fourth-order valence-corrected chi connectivity index (χ4v) is 7.67. The second kappa shape index (κ2) is 3.42. The number of hydrogen-bond donors (Lipinski definition) is 0. The van der Waals surface area contributed by atoms with E-state index in [2.05, 4.69) is 55.4 Å². The van der Waals surface area contributed by atoms with Crippen molar-refractivity contribution < 1.29 is 4.57 Å². The highest BCUT2D eigenvalue weighted by Crippen LogP contribution is 2.69. The summed E-state index contributed by atoms with van der Waals surface area (Å²) in [5.74, 6) is 0. The first kappa shape index (κ1) is 13.2.